The van der Waals surface area contributed by atoms with Crippen molar-refractivity contribution in [3.05, 3.63) is 41.5 Å². The van der Waals surface area contributed by atoms with E-state index in [0.717, 1.165) is 30.4 Å². The quantitative estimate of drug-likeness (QED) is 0.372. The zero-order valence-corrected chi connectivity index (χ0v) is 29.6. The van der Waals surface area contributed by atoms with Crippen molar-refractivity contribution < 1.29 is 48.0 Å². The van der Waals surface area contributed by atoms with Gasteiger partial charge in [-0.3, -0.25) is 14.5 Å². The summed E-state index contributed by atoms with van der Waals surface area (Å²) in [5, 5.41) is 15.6. The molecule has 50 heavy (non-hydrogen) atoms. The second-order valence-electron chi connectivity index (χ2n) is 14.6. The van der Waals surface area contributed by atoms with Crippen LogP contribution in [0.1, 0.15) is 82.9 Å². The number of rotatable bonds is 6. The van der Waals surface area contributed by atoms with Gasteiger partial charge in [0.1, 0.15) is 35.1 Å². The molecule has 14 nitrogen and oxygen atoms in total. The Morgan fingerprint density at radius 3 is 2.60 bits per heavy atom. The third-order valence-electron chi connectivity index (χ3n) is 9.85. The molecule has 3 heterocycles. The molecule has 1 unspecified atom stereocenters. The Bertz CT molecular complexity index is 1490. The molecule has 274 valence electrons. The van der Waals surface area contributed by atoms with Gasteiger partial charge >= 0.3 is 18.2 Å². The Labute approximate surface area is 292 Å². The minimum atomic E-state index is -1.48. The highest BCUT2D eigenvalue weighted by atomic mass is 16.6. The molecular formula is C36H50N4O10. The van der Waals surface area contributed by atoms with Crippen molar-refractivity contribution in [2.45, 2.75) is 108 Å². The van der Waals surface area contributed by atoms with Crippen molar-refractivity contribution in [3.63, 3.8) is 0 Å². The van der Waals surface area contributed by atoms with E-state index in [9.17, 15) is 29.1 Å². The molecule has 5 rings (SSSR count). The van der Waals surface area contributed by atoms with Crippen LogP contribution in [-0.2, 0) is 35.0 Å². The van der Waals surface area contributed by atoms with Gasteiger partial charge in [-0.15, -0.1) is 0 Å². The van der Waals surface area contributed by atoms with E-state index in [0.29, 0.717) is 31.6 Å². The summed E-state index contributed by atoms with van der Waals surface area (Å²) in [4.78, 5) is 70.1. The lowest BCUT2D eigenvalue weighted by Crippen LogP contribution is -2.56. The number of carboxylic acids is 1. The topological polar surface area (TPSA) is 173 Å². The van der Waals surface area contributed by atoms with E-state index in [4.69, 9.17) is 18.9 Å². The molecule has 3 aliphatic heterocycles. The first-order valence-electron chi connectivity index (χ1n) is 17.4. The van der Waals surface area contributed by atoms with Crippen LogP contribution in [-0.4, -0.2) is 108 Å². The number of nitrogens with zero attached hydrogens (tertiary/aromatic N) is 2. The summed E-state index contributed by atoms with van der Waals surface area (Å²) in [7, 11) is 3.15. The van der Waals surface area contributed by atoms with Gasteiger partial charge in [0.15, 0.2) is 0 Å². The van der Waals surface area contributed by atoms with E-state index >= 15 is 0 Å². The molecule has 1 saturated heterocycles. The van der Waals surface area contributed by atoms with E-state index in [-0.39, 0.29) is 31.9 Å². The largest absolute Gasteiger partial charge is 0.497 e. The minimum absolute atomic E-state index is 0.0464. The zero-order chi connectivity index (χ0) is 36.2. The van der Waals surface area contributed by atoms with Crippen molar-refractivity contribution in [1.82, 2.24) is 20.4 Å². The van der Waals surface area contributed by atoms with Gasteiger partial charge in [0.25, 0.3) is 0 Å². The number of hydrogen-bond acceptors (Lipinski definition) is 9. The summed E-state index contributed by atoms with van der Waals surface area (Å²) in [5.41, 5.74) is -0.341. The molecule has 1 aliphatic carbocycles. The molecule has 3 N–H and O–H groups in total. The molecule has 1 aromatic carbocycles. The molecule has 6 atom stereocenters. The lowest BCUT2D eigenvalue weighted by molar-refractivity contribution is -0.145. The lowest BCUT2D eigenvalue weighted by Gasteiger charge is -2.37. The fourth-order valence-corrected chi connectivity index (χ4v) is 7.18. The van der Waals surface area contributed by atoms with Crippen molar-refractivity contribution >= 4 is 30.0 Å². The van der Waals surface area contributed by atoms with Gasteiger partial charge in [0.2, 0.25) is 11.8 Å². The van der Waals surface area contributed by atoms with Crippen LogP contribution in [0.3, 0.4) is 0 Å². The summed E-state index contributed by atoms with van der Waals surface area (Å²) >= 11 is 0. The Balaban J connectivity index is 1.39. The van der Waals surface area contributed by atoms with E-state index < -0.39 is 65.3 Å². The van der Waals surface area contributed by atoms with Gasteiger partial charge in [0, 0.05) is 26.0 Å². The smallest absolute Gasteiger partial charge is 0.410 e. The first kappa shape index (κ1) is 36.9. The van der Waals surface area contributed by atoms with E-state index in [1.165, 1.54) is 4.90 Å². The molecule has 4 aliphatic rings. The van der Waals surface area contributed by atoms with Crippen molar-refractivity contribution in [2.75, 3.05) is 33.9 Å². The average molecular weight is 699 g/mol. The number of nitrogens with one attached hydrogen (secondary N) is 2. The number of methoxy groups -OCH3 is 2. The lowest BCUT2D eigenvalue weighted by atomic mass is 9.93. The van der Waals surface area contributed by atoms with Gasteiger partial charge in [-0.2, -0.15) is 0 Å². The SMILES string of the molecule is COCC1c2ccc(OC)cc2CCN1C(=O)O[C@@H]1C[C@H]2C(=O)N[C@]3(C(=O)O)C[C@H]3/C=C/CCCCC[C@H](NC(=O)OC(C)(C)C)C(=O)N2C1. The molecule has 0 radical (unpaired) electrons. The number of ether oxygens (including phenoxy) is 4. The van der Waals surface area contributed by atoms with E-state index in [2.05, 4.69) is 10.6 Å². The fraction of sp³-hybridized carbons (Fsp3) is 0.639. The van der Waals surface area contributed by atoms with Gasteiger partial charge in [-0.1, -0.05) is 31.1 Å². The van der Waals surface area contributed by atoms with E-state index in [1.807, 2.05) is 30.4 Å². The van der Waals surface area contributed by atoms with Crippen LogP contribution in [0.25, 0.3) is 0 Å². The number of carboxylic acid groups (broad SMARTS) is 1. The number of aliphatic carboxylic acids is 1. The number of allylic oxidation sites excluding steroid dienone is 1. The summed E-state index contributed by atoms with van der Waals surface area (Å²) in [6, 6.07) is 3.09. The van der Waals surface area contributed by atoms with Crippen molar-refractivity contribution in [1.29, 1.82) is 0 Å². The fourth-order valence-electron chi connectivity index (χ4n) is 7.18. The van der Waals surface area contributed by atoms with Crippen LogP contribution in [0, 0.1) is 5.92 Å². The Hall–Kier alpha value is -4.33. The monoisotopic (exact) mass is 698 g/mol. The average Bonchev–Trinajstić information content (AvgIpc) is 3.59. The number of amides is 4. The highest BCUT2D eigenvalue weighted by Crippen LogP contribution is 2.45. The maximum Gasteiger partial charge on any atom is 0.410 e. The van der Waals surface area contributed by atoms with Crippen molar-refractivity contribution in [3.8, 4) is 5.75 Å². The first-order valence-corrected chi connectivity index (χ1v) is 17.4. The second kappa shape index (κ2) is 15.3. The van der Waals surface area contributed by atoms with Crippen LogP contribution in [0.5, 0.6) is 5.75 Å². The molecule has 2 fully saturated rings. The van der Waals surface area contributed by atoms with Gasteiger partial charge in [-0.25, -0.2) is 14.4 Å². The third kappa shape index (κ3) is 8.34. The normalized spacial score (nSPS) is 29.2. The first-order chi connectivity index (χ1) is 23.8. The van der Waals surface area contributed by atoms with Crippen molar-refractivity contribution in [2.24, 2.45) is 5.92 Å². The Morgan fingerprint density at radius 2 is 1.90 bits per heavy atom. The molecule has 1 saturated carbocycles. The molecule has 14 heteroatoms. The summed E-state index contributed by atoms with van der Waals surface area (Å²) in [5.74, 6) is -2.00. The molecule has 4 amide bonds. The molecular weight excluding hydrogens is 648 g/mol. The standard InChI is InChI=1S/C36H50N4O10/c1-35(2,3)50-33(45)37-27-12-10-8-6-7-9-11-23-19-36(23,32(43)44)38-30(41)28-18-25(20-40(28)31(27)42)49-34(46)39-16-15-22-17-24(48-5)13-14-26(22)29(39)21-47-4/h9,11,13-14,17,23,25,27-29H,6-8,10,12,15-16,18-21H2,1-5H3,(H,37,45)(H,38,41)(H,43,44)/b11-9+/t23-,25-,27+,28+,29?,36-/m1/s1. The third-order valence-corrected chi connectivity index (χ3v) is 9.85. The summed E-state index contributed by atoms with van der Waals surface area (Å²) < 4.78 is 22.3. The molecule has 0 spiro atoms. The second-order valence-corrected chi connectivity index (χ2v) is 14.6. The summed E-state index contributed by atoms with van der Waals surface area (Å²) in [6.07, 6.45) is 5.49. The summed E-state index contributed by atoms with van der Waals surface area (Å²) in [6.45, 7) is 5.61. The Morgan fingerprint density at radius 1 is 1.12 bits per heavy atom. The van der Waals surface area contributed by atoms with Gasteiger partial charge in [-0.05, 0) is 76.1 Å². The number of hydrogen-bond donors (Lipinski definition) is 3. The van der Waals surface area contributed by atoms with Crippen LogP contribution < -0.4 is 15.4 Å². The number of fused-ring (bicyclic) bond motifs is 3. The minimum Gasteiger partial charge on any atom is -0.497 e. The van der Waals surface area contributed by atoms with Crippen LogP contribution in [0.2, 0.25) is 0 Å². The predicted molar refractivity (Wildman–Crippen MR) is 180 cm³/mol. The van der Waals surface area contributed by atoms with Gasteiger partial charge < -0.3 is 39.6 Å². The number of benzene rings is 1. The highest BCUT2D eigenvalue weighted by Gasteiger charge is 2.61. The number of alkyl carbamates (subject to hydrolysis) is 1. The predicted octanol–water partition coefficient (Wildman–Crippen LogP) is 3.72. The van der Waals surface area contributed by atoms with Gasteiger partial charge in [0.05, 0.1) is 26.3 Å². The zero-order valence-electron chi connectivity index (χ0n) is 29.6. The molecule has 1 aromatic rings. The maximum atomic E-state index is 14.2. The molecule has 0 bridgehead atoms. The van der Waals surface area contributed by atoms with Crippen LogP contribution in [0.4, 0.5) is 9.59 Å². The maximum absolute atomic E-state index is 14.2. The highest BCUT2D eigenvalue weighted by molar-refractivity contribution is 5.96. The van der Waals surface area contributed by atoms with Crippen LogP contribution >= 0.6 is 0 Å². The molecule has 0 aromatic heterocycles. The van der Waals surface area contributed by atoms with Crippen LogP contribution in [0.15, 0.2) is 30.4 Å². The number of carbonyl (C=O) groups excluding carboxylic acids is 4. The Kier molecular flexibility index (Phi) is 11.3. The number of carbonyl (C=O) groups is 5. The van der Waals surface area contributed by atoms with E-state index in [1.54, 1.807) is 39.9 Å².